The fourth-order valence-corrected chi connectivity index (χ4v) is 3.02. The topological polar surface area (TPSA) is 62.2 Å². The van der Waals surface area contributed by atoms with Gasteiger partial charge in [0.25, 0.3) is 5.91 Å². The third-order valence-corrected chi connectivity index (χ3v) is 4.47. The quantitative estimate of drug-likeness (QED) is 0.907. The highest BCUT2D eigenvalue weighted by Gasteiger charge is 2.46. The SMILES string of the molecule is O=C(NCc1ccccc1Cl)C1(F)CCC(O)c2ncccc21. The highest BCUT2D eigenvalue weighted by Crippen LogP contribution is 2.42. The minimum atomic E-state index is -2.19. The summed E-state index contributed by atoms with van der Waals surface area (Å²) in [6, 6.07) is 10.1. The zero-order valence-corrected chi connectivity index (χ0v) is 13.1. The van der Waals surface area contributed by atoms with Gasteiger partial charge in [-0.25, -0.2) is 4.39 Å². The summed E-state index contributed by atoms with van der Waals surface area (Å²) < 4.78 is 15.3. The van der Waals surface area contributed by atoms with E-state index in [1.54, 1.807) is 30.3 Å². The van der Waals surface area contributed by atoms with E-state index in [4.69, 9.17) is 11.6 Å². The smallest absolute Gasteiger partial charge is 0.262 e. The fraction of sp³-hybridized carbons (Fsp3) is 0.294. The van der Waals surface area contributed by atoms with Crippen LogP contribution in [-0.4, -0.2) is 16.0 Å². The van der Waals surface area contributed by atoms with E-state index >= 15 is 4.39 Å². The number of aliphatic hydroxyl groups excluding tert-OH is 1. The molecule has 1 heterocycles. The summed E-state index contributed by atoms with van der Waals surface area (Å²) in [5.41, 5.74) is -1.11. The Kier molecular flexibility index (Phi) is 4.33. The number of carbonyl (C=O) groups is 1. The molecule has 0 saturated carbocycles. The number of hydrogen-bond acceptors (Lipinski definition) is 3. The Morgan fingerprint density at radius 2 is 2.17 bits per heavy atom. The Morgan fingerprint density at radius 1 is 1.39 bits per heavy atom. The second-order valence-corrected chi connectivity index (χ2v) is 5.97. The number of hydrogen-bond donors (Lipinski definition) is 2. The van der Waals surface area contributed by atoms with Crippen molar-refractivity contribution in [2.24, 2.45) is 0 Å². The number of nitrogens with zero attached hydrogens (tertiary/aromatic N) is 1. The van der Waals surface area contributed by atoms with E-state index in [0.29, 0.717) is 10.6 Å². The second kappa shape index (κ2) is 6.26. The first-order valence-corrected chi connectivity index (χ1v) is 7.74. The standard InChI is InChI=1S/C17H16ClFN2O2/c18-13-6-2-1-4-11(13)10-21-16(23)17(19)8-7-14(22)15-12(17)5-3-9-20-15/h1-6,9,14,22H,7-8,10H2,(H,21,23). The highest BCUT2D eigenvalue weighted by atomic mass is 35.5. The average Bonchev–Trinajstić information content (AvgIpc) is 2.57. The first-order valence-electron chi connectivity index (χ1n) is 7.36. The molecule has 120 valence electrons. The summed E-state index contributed by atoms with van der Waals surface area (Å²) in [5.74, 6) is -0.737. The molecule has 2 atom stereocenters. The van der Waals surface area contributed by atoms with Gasteiger partial charge in [0, 0.05) is 23.3 Å². The predicted molar refractivity (Wildman–Crippen MR) is 84.5 cm³/mol. The molecule has 1 aliphatic rings. The van der Waals surface area contributed by atoms with E-state index in [-0.39, 0.29) is 30.6 Å². The maximum absolute atomic E-state index is 15.3. The number of alkyl halides is 1. The molecule has 2 aromatic rings. The lowest BCUT2D eigenvalue weighted by Gasteiger charge is -2.32. The van der Waals surface area contributed by atoms with Crippen molar-refractivity contribution < 1.29 is 14.3 Å². The molecule has 1 aromatic heterocycles. The van der Waals surface area contributed by atoms with Gasteiger partial charge in [-0.05, 0) is 30.5 Å². The molecule has 2 N–H and O–H groups in total. The summed E-state index contributed by atoms with van der Waals surface area (Å²) in [6.45, 7) is 0.141. The molecule has 1 aliphatic carbocycles. The molecule has 1 amide bonds. The predicted octanol–water partition coefficient (Wildman–Crippen LogP) is 3.04. The molecule has 0 saturated heterocycles. The van der Waals surface area contributed by atoms with Gasteiger partial charge in [-0.3, -0.25) is 9.78 Å². The second-order valence-electron chi connectivity index (χ2n) is 5.57. The Hall–Kier alpha value is -1.98. The Labute approximate surface area is 138 Å². The minimum absolute atomic E-state index is 0.0821. The average molecular weight is 335 g/mol. The van der Waals surface area contributed by atoms with Crippen LogP contribution in [-0.2, 0) is 17.0 Å². The Morgan fingerprint density at radius 3 is 2.96 bits per heavy atom. The Bertz CT molecular complexity index is 740. The van der Waals surface area contributed by atoms with Gasteiger partial charge in [-0.1, -0.05) is 35.9 Å². The number of nitrogens with one attached hydrogen (secondary N) is 1. The lowest BCUT2D eigenvalue weighted by atomic mass is 9.81. The van der Waals surface area contributed by atoms with Crippen LogP contribution in [0.5, 0.6) is 0 Å². The van der Waals surface area contributed by atoms with Crippen LogP contribution < -0.4 is 5.32 Å². The van der Waals surface area contributed by atoms with E-state index in [1.807, 2.05) is 0 Å². The largest absolute Gasteiger partial charge is 0.387 e. The van der Waals surface area contributed by atoms with E-state index in [9.17, 15) is 9.90 Å². The van der Waals surface area contributed by atoms with Crippen LogP contribution in [0.25, 0.3) is 0 Å². The maximum Gasteiger partial charge on any atom is 0.262 e. The molecule has 23 heavy (non-hydrogen) atoms. The molecule has 0 fully saturated rings. The van der Waals surface area contributed by atoms with Crippen molar-refractivity contribution in [3.63, 3.8) is 0 Å². The molecule has 3 rings (SSSR count). The minimum Gasteiger partial charge on any atom is -0.387 e. The molecular weight excluding hydrogens is 319 g/mol. The van der Waals surface area contributed by atoms with Crippen molar-refractivity contribution in [3.05, 3.63) is 64.4 Å². The highest BCUT2D eigenvalue weighted by molar-refractivity contribution is 6.31. The van der Waals surface area contributed by atoms with Gasteiger partial charge in [0.15, 0.2) is 0 Å². The first kappa shape index (κ1) is 15.9. The third-order valence-electron chi connectivity index (χ3n) is 4.10. The zero-order valence-electron chi connectivity index (χ0n) is 12.3. The lowest BCUT2D eigenvalue weighted by Crippen LogP contribution is -2.44. The van der Waals surface area contributed by atoms with E-state index in [0.717, 1.165) is 0 Å². The Balaban J connectivity index is 1.82. The number of halogens is 2. The molecule has 0 bridgehead atoms. The molecular formula is C17H16ClFN2O2. The van der Waals surface area contributed by atoms with Crippen molar-refractivity contribution in [2.75, 3.05) is 0 Å². The van der Waals surface area contributed by atoms with Crippen LogP contribution in [0.15, 0.2) is 42.6 Å². The lowest BCUT2D eigenvalue weighted by molar-refractivity contribution is -0.135. The molecule has 1 aromatic carbocycles. The van der Waals surface area contributed by atoms with Crippen LogP contribution in [0.3, 0.4) is 0 Å². The number of carbonyl (C=O) groups excluding carboxylic acids is 1. The van der Waals surface area contributed by atoms with Gasteiger partial charge in [0.05, 0.1) is 11.8 Å². The van der Waals surface area contributed by atoms with Crippen LogP contribution in [0.2, 0.25) is 5.02 Å². The summed E-state index contributed by atoms with van der Waals surface area (Å²) in [6.07, 6.45) is 0.711. The molecule has 6 heteroatoms. The van der Waals surface area contributed by atoms with Crippen molar-refractivity contribution in [3.8, 4) is 0 Å². The number of benzene rings is 1. The molecule has 0 radical (unpaired) electrons. The zero-order chi connectivity index (χ0) is 16.4. The summed E-state index contributed by atoms with van der Waals surface area (Å²) in [4.78, 5) is 16.5. The van der Waals surface area contributed by atoms with E-state index in [2.05, 4.69) is 10.3 Å². The summed E-state index contributed by atoms with van der Waals surface area (Å²) in [5, 5.41) is 13.1. The van der Waals surface area contributed by atoms with Crippen LogP contribution in [0, 0.1) is 0 Å². The van der Waals surface area contributed by atoms with Crippen molar-refractivity contribution >= 4 is 17.5 Å². The maximum atomic E-state index is 15.3. The van der Waals surface area contributed by atoms with E-state index < -0.39 is 17.7 Å². The number of amides is 1. The molecule has 2 unspecified atom stereocenters. The van der Waals surface area contributed by atoms with E-state index in [1.165, 1.54) is 12.3 Å². The monoisotopic (exact) mass is 334 g/mol. The van der Waals surface area contributed by atoms with Gasteiger partial charge in [0.2, 0.25) is 5.67 Å². The third kappa shape index (κ3) is 2.94. The molecule has 4 nitrogen and oxygen atoms in total. The van der Waals surface area contributed by atoms with Crippen LogP contribution >= 0.6 is 11.6 Å². The van der Waals surface area contributed by atoms with Crippen molar-refractivity contribution in [2.45, 2.75) is 31.2 Å². The first-order chi connectivity index (χ1) is 11.0. The van der Waals surface area contributed by atoms with Crippen LogP contribution in [0.1, 0.15) is 35.8 Å². The van der Waals surface area contributed by atoms with Gasteiger partial charge in [-0.2, -0.15) is 0 Å². The molecule has 0 aliphatic heterocycles. The number of pyridine rings is 1. The van der Waals surface area contributed by atoms with Gasteiger partial charge < -0.3 is 10.4 Å². The number of aliphatic hydroxyl groups is 1. The number of fused-ring (bicyclic) bond motifs is 1. The number of aromatic nitrogens is 1. The summed E-state index contributed by atoms with van der Waals surface area (Å²) >= 11 is 6.04. The van der Waals surface area contributed by atoms with Crippen LogP contribution in [0.4, 0.5) is 4.39 Å². The normalized spacial score (nSPS) is 23.2. The molecule has 0 spiro atoms. The fourth-order valence-electron chi connectivity index (χ4n) is 2.82. The van der Waals surface area contributed by atoms with Crippen molar-refractivity contribution in [1.82, 2.24) is 10.3 Å². The number of rotatable bonds is 3. The van der Waals surface area contributed by atoms with Gasteiger partial charge >= 0.3 is 0 Å². The van der Waals surface area contributed by atoms with Gasteiger partial charge in [-0.15, -0.1) is 0 Å². The van der Waals surface area contributed by atoms with Gasteiger partial charge in [0.1, 0.15) is 0 Å². The van der Waals surface area contributed by atoms with Crippen molar-refractivity contribution in [1.29, 1.82) is 0 Å². The summed E-state index contributed by atoms with van der Waals surface area (Å²) in [7, 11) is 0.